The maximum Gasteiger partial charge on any atom is 0.244 e. The van der Waals surface area contributed by atoms with Crippen molar-refractivity contribution in [3.05, 3.63) is 11.4 Å². The minimum absolute atomic E-state index is 0.0136. The molecule has 1 aromatic rings. The van der Waals surface area contributed by atoms with Crippen LogP contribution < -0.4 is 4.72 Å². The van der Waals surface area contributed by atoms with Crippen LogP contribution in [0.5, 0.6) is 0 Å². The molecule has 0 saturated heterocycles. The quantitative estimate of drug-likeness (QED) is 0.858. The number of sulfonamides is 1. The van der Waals surface area contributed by atoms with E-state index in [9.17, 15) is 8.42 Å². The van der Waals surface area contributed by atoms with Crippen molar-refractivity contribution in [3.8, 4) is 0 Å². The number of aromatic nitrogens is 2. The van der Waals surface area contributed by atoms with Gasteiger partial charge in [-0.3, -0.25) is 4.68 Å². The summed E-state index contributed by atoms with van der Waals surface area (Å²) in [6.07, 6.45) is 2.79. The first-order valence-electron chi connectivity index (χ1n) is 8.34. The molecule has 1 aliphatic rings. The summed E-state index contributed by atoms with van der Waals surface area (Å²) in [6.45, 7) is 8.55. The minimum Gasteiger partial charge on any atom is -0.306 e. The van der Waals surface area contributed by atoms with Crippen LogP contribution in [0.4, 0.5) is 0 Å². The molecule has 1 aliphatic carbocycles. The fourth-order valence-electron chi connectivity index (χ4n) is 3.41. The first kappa shape index (κ1) is 18.4. The SMILES string of the molecule is Cc1nn(CC(C)C)c(C)c1S(=O)(=O)N[C@@H]1CC[C@@H](N(C)C)C1. The molecule has 1 heterocycles. The van der Waals surface area contributed by atoms with E-state index in [-0.39, 0.29) is 6.04 Å². The van der Waals surface area contributed by atoms with Crippen LogP contribution in [0.2, 0.25) is 0 Å². The van der Waals surface area contributed by atoms with Crippen LogP contribution in [-0.2, 0) is 16.6 Å². The van der Waals surface area contributed by atoms with E-state index in [1.54, 1.807) is 6.92 Å². The van der Waals surface area contributed by atoms with E-state index < -0.39 is 10.0 Å². The summed E-state index contributed by atoms with van der Waals surface area (Å²) < 4.78 is 30.4. The Bertz CT molecular complexity index is 649. The molecular formula is C16H30N4O2S. The molecule has 23 heavy (non-hydrogen) atoms. The maximum atomic E-state index is 12.8. The molecule has 1 N–H and O–H groups in total. The second-order valence-corrected chi connectivity index (χ2v) is 8.98. The molecule has 0 spiro atoms. The highest BCUT2D eigenvalue weighted by Gasteiger charge is 2.32. The average Bonchev–Trinajstić information content (AvgIpc) is 2.94. The average molecular weight is 343 g/mol. The van der Waals surface area contributed by atoms with E-state index in [0.29, 0.717) is 22.5 Å². The van der Waals surface area contributed by atoms with E-state index in [0.717, 1.165) is 31.5 Å². The van der Waals surface area contributed by atoms with Crippen LogP contribution in [0.1, 0.15) is 44.5 Å². The van der Waals surface area contributed by atoms with Gasteiger partial charge in [0.15, 0.2) is 0 Å². The Morgan fingerprint density at radius 1 is 1.30 bits per heavy atom. The highest BCUT2D eigenvalue weighted by atomic mass is 32.2. The Morgan fingerprint density at radius 2 is 1.96 bits per heavy atom. The lowest BCUT2D eigenvalue weighted by Crippen LogP contribution is -2.35. The third-order valence-corrected chi connectivity index (χ3v) is 6.35. The summed E-state index contributed by atoms with van der Waals surface area (Å²) in [5.41, 5.74) is 1.31. The van der Waals surface area contributed by atoms with Crippen molar-refractivity contribution in [2.24, 2.45) is 5.92 Å². The van der Waals surface area contributed by atoms with Crippen molar-refractivity contribution >= 4 is 10.0 Å². The van der Waals surface area contributed by atoms with Gasteiger partial charge in [0.25, 0.3) is 0 Å². The second-order valence-electron chi connectivity index (χ2n) is 7.32. The molecule has 0 unspecified atom stereocenters. The fraction of sp³-hybridized carbons (Fsp3) is 0.812. The Hall–Kier alpha value is -0.920. The zero-order chi connectivity index (χ0) is 17.4. The van der Waals surface area contributed by atoms with Gasteiger partial charge in [-0.1, -0.05) is 13.8 Å². The number of hydrogen-bond acceptors (Lipinski definition) is 4. The molecule has 0 aliphatic heterocycles. The Kier molecular flexibility index (Phi) is 5.53. The lowest BCUT2D eigenvalue weighted by Gasteiger charge is -2.19. The van der Waals surface area contributed by atoms with Crippen molar-refractivity contribution in [3.63, 3.8) is 0 Å². The van der Waals surface area contributed by atoms with Gasteiger partial charge in [0.2, 0.25) is 10.0 Å². The number of nitrogens with zero attached hydrogens (tertiary/aromatic N) is 3. The topological polar surface area (TPSA) is 67.2 Å². The minimum atomic E-state index is -3.52. The molecule has 0 bridgehead atoms. The van der Waals surface area contributed by atoms with Crippen LogP contribution in [-0.4, -0.2) is 49.3 Å². The number of rotatable bonds is 6. The molecular weight excluding hydrogens is 312 g/mol. The number of aryl methyl sites for hydroxylation is 1. The monoisotopic (exact) mass is 342 g/mol. The van der Waals surface area contributed by atoms with Gasteiger partial charge >= 0.3 is 0 Å². The lowest BCUT2D eigenvalue weighted by molar-refractivity contribution is 0.295. The van der Waals surface area contributed by atoms with Gasteiger partial charge in [0.05, 0.1) is 11.4 Å². The van der Waals surface area contributed by atoms with Gasteiger partial charge in [-0.2, -0.15) is 5.10 Å². The van der Waals surface area contributed by atoms with Crippen molar-refractivity contribution in [1.29, 1.82) is 0 Å². The largest absolute Gasteiger partial charge is 0.306 e. The zero-order valence-corrected chi connectivity index (χ0v) is 15.9. The van der Waals surface area contributed by atoms with Gasteiger partial charge in [0.1, 0.15) is 4.90 Å². The van der Waals surface area contributed by atoms with Crippen molar-refractivity contribution in [2.45, 2.75) is 70.5 Å². The van der Waals surface area contributed by atoms with Crippen LogP contribution in [0.25, 0.3) is 0 Å². The van der Waals surface area contributed by atoms with Crippen LogP contribution in [0.15, 0.2) is 4.90 Å². The Balaban J connectivity index is 2.19. The molecule has 2 rings (SSSR count). The smallest absolute Gasteiger partial charge is 0.244 e. The van der Waals surface area contributed by atoms with E-state index in [4.69, 9.17) is 0 Å². The van der Waals surface area contributed by atoms with Crippen molar-refractivity contribution in [2.75, 3.05) is 14.1 Å². The van der Waals surface area contributed by atoms with Crippen LogP contribution >= 0.6 is 0 Å². The summed E-state index contributed by atoms with van der Waals surface area (Å²) in [6, 6.07) is 0.466. The van der Waals surface area contributed by atoms with E-state index >= 15 is 0 Å². The first-order valence-corrected chi connectivity index (χ1v) is 9.83. The molecule has 0 amide bonds. The van der Waals surface area contributed by atoms with Crippen LogP contribution in [0.3, 0.4) is 0 Å². The number of hydrogen-bond donors (Lipinski definition) is 1. The third kappa shape index (κ3) is 4.14. The van der Waals surface area contributed by atoms with Gasteiger partial charge in [-0.25, -0.2) is 13.1 Å². The molecule has 1 aromatic heterocycles. The second kappa shape index (κ2) is 6.91. The first-order chi connectivity index (χ1) is 10.6. The van der Waals surface area contributed by atoms with E-state index in [1.807, 2.05) is 25.7 Å². The van der Waals surface area contributed by atoms with Gasteiger partial charge in [-0.05, 0) is 53.1 Å². The van der Waals surface area contributed by atoms with Crippen molar-refractivity contribution in [1.82, 2.24) is 19.4 Å². The third-order valence-electron chi connectivity index (χ3n) is 4.58. The number of nitrogens with one attached hydrogen (secondary N) is 1. The van der Waals surface area contributed by atoms with Gasteiger partial charge in [-0.15, -0.1) is 0 Å². The molecule has 0 radical (unpaired) electrons. The molecule has 2 atom stereocenters. The zero-order valence-electron chi connectivity index (χ0n) is 15.1. The predicted molar refractivity (Wildman–Crippen MR) is 92.0 cm³/mol. The van der Waals surface area contributed by atoms with E-state index in [2.05, 4.69) is 28.6 Å². The molecule has 1 fully saturated rings. The summed E-state index contributed by atoms with van der Waals surface area (Å²) in [5.74, 6) is 0.423. The van der Waals surface area contributed by atoms with Gasteiger partial charge in [0, 0.05) is 18.6 Å². The highest BCUT2D eigenvalue weighted by Crippen LogP contribution is 2.26. The van der Waals surface area contributed by atoms with E-state index in [1.165, 1.54) is 0 Å². The maximum absolute atomic E-state index is 12.8. The fourth-order valence-corrected chi connectivity index (χ4v) is 5.10. The summed E-state index contributed by atoms with van der Waals surface area (Å²) in [4.78, 5) is 2.53. The molecule has 132 valence electrons. The highest BCUT2D eigenvalue weighted by molar-refractivity contribution is 7.89. The van der Waals surface area contributed by atoms with Gasteiger partial charge < -0.3 is 4.90 Å². The normalized spacial score (nSPS) is 22.4. The molecule has 1 saturated carbocycles. The standard InChI is InChI=1S/C16H30N4O2S/c1-11(2)10-20-13(4)16(12(3)17-20)23(21,22)18-14-7-8-15(9-14)19(5)6/h11,14-15,18H,7-10H2,1-6H3/t14-,15-/m1/s1. The Morgan fingerprint density at radius 3 is 2.48 bits per heavy atom. The lowest BCUT2D eigenvalue weighted by atomic mass is 10.2. The van der Waals surface area contributed by atoms with Crippen LogP contribution in [0, 0.1) is 19.8 Å². The summed E-state index contributed by atoms with van der Waals surface area (Å²) >= 11 is 0. The summed E-state index contributed by atoms with van der Waals surface area (Å²) in [7, 11) is 0.574. The molecule has 7 heteroatoms. The molecule has 6 nitrogen and oxygen atoms in total. The van der Waals surface area contributed by atoms with Crippen molar-refractivity contribution < 1.29 is 8.42 Å². The summed E-state index contributed by atoms with van der Waals surface area (Å²) in [5, 5.41) is 4.42. The predicted octanol–water partition coefficient (Wildman–Crippen LogP) is 1.92. The molecule has 0 aromatic carbocycles. The Labute approximate surface area is 140 Å².